The summed E-state index contributed by atoms with van der Waals surface area (Å²) in [5.41, 5.74) is 2.10. The van der Waals surface area contributed by atoms with Crippen LogP contribution in [-0.2, 0) is 9.22 Å². The molecular weight excluding hydrogens is 362 g/mol. The summed E-state index contributed by atoms with van der Waals surface area (Å²) in [6.07, 6.45) is 3.74. The zero-order valence-electron chi connectivity index (χ0n) is 18.9. The lowest BCUT2D eigenvalue weighted by Gasteiger charge is -2.39. The Hall–Kier alpha value is -1.52. The molecule has 1 aromatic heterocycles. The third-order valence-corrected chi connectivity index (χ3v) is 10.4. The van der Waals surface area contributed by atoms with Crippen molar-refractivity contribution in [3.05, 3.63) is 41.7 Å². The number of fused-ring (bicyclic) bond motifs is 1. The lowest BCUT2D eigenvalue weighted by atomic mass is 9.98. The summed E-state index contributed by atoms with van der Waals surface area (Å²) in [5.74, 6) is 0.832. The smallest absolute Gasteiger partial charge is 0.192 e. The highest BCUT2D eigenvalue weighted by molar-refractivity contribution is 6.74. The molecule has 1 atom stereocenters. The first-order valence-electron chi connectivity index (χ1n) is 10.4. The van der Waals surface area contributed by atoms with Crippen molar-refractivity contribution in [2.45, 2.75) is 85.0 Å². The Morgan fingerprint density at radius 2 is 1.82 bits per heavy atom. The van der Waals surface area contributed by atoms with Gasteiger partial charge in [0.1, 0.15) is 5.78 Å². The SMILES string of the molecule is Cc1cc2ccc([C@H](CC(=O)CCC(C)C)O[Si](C)(C)C(C)(C)C)cc2cn1. The van der Waals surface area contributed by atoms with Crippen LogP contribution in [0.15, 0.2) is 30.5 Å². The predicted molar refractivity (Wildman–Crippen MR) is 121 cm³/mol. The van der Waals surface area contributed by atoms with Gasteiger partial charge in [-0.05, 0) is 60.5 Å². The first kappa shape index (κ1) is 22.8. The minimum absolute atomic E-state index is 0.0990. The molecule has 0 fully saturated rings. The summed E-state index contributed by atoms with van der Waals surface area (Å²) in [6, 6.07) is 8.49. The number of benzene rings is 1. The minimum atomic E-state index is -2.01. The van der Waals surface area contributed by atoms with Crippen molar-refractivity contribution in [3.8, 4) is 0 Å². The topological polar surface area (TPSA) is 39.2 Å². The fourth-order valence-electron chi connectivity index (χ4n) is 2.99. The van der Waals surface area contributed by atoms with Crippen LogP contribution in [0.5, 0.6) is 0 Å². The van der Waals surface area contributed by atoms with Gasteiger partial charge in [-0.2, -0.15) is 0 Å². The number of carbonyl (C=O) groups is 1. The molecule has 0 amide bonds. The van der Waals surface area contributed by atoms with Crippen LogP contribution in [0.3, 0.4) is 0 Å². The van der Waals surface area contributed by atoms with Crippen molar-refractivity contribution < 1.29 is 9.22 Å². The van der Waals surface area contributed by atoms with Crippen LogP contribution in [0, 0.1) is 12.8 Å². The van der Waals surface area contributed by atoms with Crippen molar-refractivity contribution in [1.82, 2.24) is 4.98 Å². The van der Waals surface area contributed by atoms with Crippen LogP contribution >= 0.6 is 0 Å². The highest BCUT2D eigenvalue weighted by Gasteiger charge is 2.39. The molecule has 28 heavy (non-hydrogen) atoms. The molecule has 4 heteroatoms. The number of aromatic nitrogens is 1. The molecule has 0 N–H and O–H groups in total. The van der Waals surface area contributed by atoms with Crippen LogP contribution < -0.4 is 0 Å². The molecule has 0 spiro atoms. The molecule has 0 radical (unpaired) electrons. The van der Waals surface area contributed by atoms with E-state index in [1.807, 2.05) is 13.1 Å². The van der Waals surface area contributed by atoms with Crippen molar-refractivity contribution in [2.75, 3.05) is 0 Å². The average Bonchev–Trinajstić information content (AvgIpc) is 2.57. The van der Waals surface area contributed by atoms with Crippen LogP contribution in [0.25, 0.3) is 10.8 Å². The second-order valence-corrected chi connectivity index (χ2v) is 14.7. The molecule has 0 unspecified atom stereocenters. The normalized spacial score (nSPS) is 13.9. The van der Waals surface area contributed by atoms with Crippen LogP contribution in [0.4, 0.5) is 0 Å². The Balaban J connectivity index is 2.34. The molecule has 0 saturated heterocycles. The highest BCUT2D eigenvalue weighted by atomic mass is 28.4. The number of Topliss-reactive ketones (excluding diaryl/α,β-unsaturated/α-hetero) is 1. The van der Waals surface area contributed by atoms with Gasteiger partial charge in [-0.3, -0.25) is 9.78 Å². The van der Waals surface area contributed by atoms with Gasteiger partial charge in [0.05, 0.1) is 6.10 Å². The quantitative estimate of drug-likeness (QED) is 0.448. The Morgan fingerprint density at radius 1 is 1.14 bits per heavy atom. The van der Waals surface area contributed by atoms with E-state index in [4.69, 9.17) is 4.43 Å². The van der Waals surface area contributed by atoms with Crippen LogP contribution in [0.2, 0.25) is 18.1 Å². The summed E-state index contributed by atoms with van der Waals surface area (Å²) >= 11 is 0. The van der Waals surface area contributed by atoms with Gasteiger partial charge in [0.15, 0.2) is 8.32 Å². The van der Waals surface area contributed by atoms with Crippen molar-refractivity contribution in [2.24, 2.45) is 5.92 Å². The van der Waals surface area contributed by atoms with Gasteiger partial charge in [0.2, 0.25) is 0 Å². The minimum Gasteiger partial charge on any atom is -0.409 e. The van der Waals surface area contributed by atoms with Gasteiger partial charge < -0.3 is 4.43 Å². The van der Waals surface area contributed by atoms with E-state index in [2.05, 4.69) is 77.0 Å². The van der Waals surface area contributed by atoms with E-state index < -0.39 is 8.32 Å². The number of carbonyl (C=O) groups excluding carboxylic acids is 1. The monoisotopic (exact) mass is 399 g/mol. The number of hydrogen-bond acceptors (Lipinski definition) is 3. The van der Waals surface area contributed by atoms with Crippen molar-refractivity contribution in [3.63, 3.8) is 0 Å². The first-order valence-corrected chi connectivity index (χ1v) is 13.4. The third-order valence-electron chi connectivity index (χ3n) is 5.91. The largest absolute Gasteiger partial charge is 0.409 e. The number of aryl methyl sites for hydroxylation is 1. The van der Waals surface area contributed by atoms with E-state index in [-0.39, 0.29) is 11.1 Å². The predicted octanol–water partition coefficient (Wildman–Crippen LogP) is 7.00. The standard InChI is InChI=1S/C24H37NO2Si/c1-17(2)9-12-22(26)15-23(27-28(7,8)24(4,5)6)20-11-10-19-13-18(3)25-16-21(19)14-20/h10-11,13-14,16-17,23H,9,12,15H2,1-8H3/t23-/m0/s1. The number of nitrogens with zero attached hydrogens (tertiary/aromatic N) is 1. The molecule has 3 nitrogen and oxygen atoms in total. The zero-order chi connectivity index (χ0) is 21.1. The van der Waals surface area contributed by atoms with E-state index in [0.29, 0.717) is 24.5 Å². The number of pyridine rings is 1. The maximum atomic E-state index is 12.7. The Morgan fingerprint density at radius 3 is 2.43 bits per heavy atom. The lowest BCUT2D eigenvalue weighted by molar-refractivity contribution is -0.121. The summed E-state index contributed by atoms with van der Waals surface area (Å²) in [7, 11) is -2.01. The van der Waals surface area contributed by atoms with Crippen molar-refractivity contribution >= 4 is 24.9 Å². The summed E-state index contributed by atoms with van der Waals surface area (Å²) in [5, 5.41) is 2.37. The zero-order valence-corrected chi connectivity index (χ0v) is 19.9. The molecule has 1 aromatic carbocycles. The van der Waals surface area contributed by atoms with Crippen LogP contribution in [0.1, 0.15) is 71.2 Å². The molecule has 2 rings (SSSR count). The molecular formula is C24H37NO2Si. The number of rotatable bonds is 8. The Labute approximate surface area is 172 Å². The van der Waals surface area contributed by atoms with E-state index in [1.54, 1.807) is 0 Å². The van der Waals surface area contributed by atoms with E-state index in [0.717, 1.165) is 23.1 Å². The summed E-state index contributed by atoms with van der Waals surface area (Å²) < 4.78 is 6.74. The van der Waals surface area contributed by atoms with E-state index >= 15 is 0 Å². The number of hydrogen-bond donors (Lipinski definition) is 0. The second-order valence-electron chi connectivity index (χ2n) is 9.97. The maximum absolute atomic E-state index is 12.7. The molecule has 0 aliphatic heterocycles. The van der Waals surface area contributed by atoms with E-state index in [1.165, 1.54) is 5.39 Å². The molecule has 2 aromatic rings. The average molecular weight is 400 g/mol. The van der Waals surface area contributed by atoms with E-state index in [9.17, 15) is 4.79 Å². The third kappa shape index (κ3) is 5.99. The van der Waals surface area contributed by atoms with Crippen molar-refractivity contribution in [1.29, 1.82) is 0 Å². The molecule has 0 saturated carbocycles. The molecule has 154 valence electrons. The highest BCUT2D eigenvalue weighted by Crippen LogP contribution is 2.41. The molecule has 0 bridgehead atoms. The molecule has 0 aliphatic carbocycles. The first-order chi connectivity index (χ1) is 12.9. The number of ketones is 1. The van der Waals surface area contributed by atoms with Gasteiger partial charge >= 0.3 is 0 Å². The maximum Gasteiger partial charge on any atom is 0.192 e. The molecule has 0 aliphatic rings. The van der Waals surface area contributed by atoms with Gasteiger partial charge in [-0.1, -0.05) is 46.8 Å². The van der Waals surface area contributed by atoms with Crippen LogP contribution in [-0.4, -0.2) is 19.1 Å². The second kappa shape index (κ2) is 8.87. The Kier molecular flexibility index (Phi) is 7.21. The summed E-state index contributed by atoms with van der Waals surface area (Å²) in [6.45, 7) is 17.6. The Bertz CT molecular complexity index is 821. The van der Waals surface area contributed by atoms with Gasteiger partial charge in [-0.15, -0.1) is 0 Å². The van der Waals surface area contributed by atoms with Gasteiger partial charge in [0.25, 0.3) is 0 Å². The van der Waals surface area contributed by atoms with Gasteiger partial charge in [-0.25, -0.2) is 0 Å². The molecule has 1 heterocycles. The fraction of sp³-hybridized carbons (Fsp3) is 0.583. The van der Waals surface area contributed by atoms with Gasteiger partial charge in [0, 0.05) is 30.1 Å². The lowest BCUT2D eigenvalue weighted by Crippen LogP contribution is -2.42. The summed E-state index contributed by atoms with van der Waals surface area (Å²) in [4.78, 5) is 17.1. The fourth-order valence-corrected chi connectivity index (χ4v) is 4.27.